The molecule has 2 N–H and O–H groups in total. The van der Waals surface area contributed by atoms with Crippen molar-refractivity contribution in [2.45, 2.75) is 65.0 Å². The third kappa shape index (κ3) is 3.11. The van der Waals surface area contributed by atoms with E-state index in [1.807, 2.05) is 13.0 Å². The van der Waals surface area contributed by atoms with Gasteiger partial charge in [-0.2, -0.15) is 0 Å². The van der Waals surface area contributed by atoms with Crippen LogP contribution in [0.4, 0.5) is 0 Å². The quantitative estimate of drug-likeness (QED) is 0.349. The van der Waals surface area contributed by atoms with E-state index >= 15 is 0 Å². The average molecular weight is 361 g/mol. The number of rotatable bonds is 4. The Balaban J connectivity index is 1.86. The topological polar surface area (TPSA) is 75.6 Å². The summed E-state index contributed by atoms with van der Waals surface area (Å²) in [5, 5.41) is 13.4. The third-order valence-corrected chi connectivity index (χ3v) is 7.48. The van der Waals surface area contributed by atoms with Crippen molar-refractivity contribution in [3.8, 4) is 0 Å². The van der Waals surface area contributed by atoms with E-state index in [0.29, 0.717) is 23.8 Å². The average Bonchev–Trinajstić information content (AvgIpc) is 2.92. The van der Waals surface area contributed by atoms with E-state index in [-0.39, 0.29) is 30.0 Å². The Morgan fingerprint density at radius 2 is 2.12 bits per heavy atom. The molecule has 0 radical (unpaired) electrons. The molecule has 5 nitrogen and oxygen atoms in total. The van der Waals surface area contributed by atoms with E-state index in [9.17, 15) is 14.7 Å². The summed E-state index contributed by atoms with van der Waals surface area (Å²) >= 11 is 0. The minimum atomic E-state index is -0.611. The molecule has 1 heterocycles. The van der Waals surface area contributed by atoms with Gasteiger partial charge < -0.3 is 15.2 Å². The zero-order chi connectivity index (χ0) is 19.1. The zero-order valence-corrected chi connectivity index (χ0v) is 16.2. The molecule has 2 fully saturated rings. The summed E-state index contributed by atoms with van der Waals surface area (Å²) in [6, 6.07) is -0.345. The zero-order valence-electron chi connectivity index (χ0n) is 16.2. The van der Waals surface area contributed by atoms with Gasteiger partial charge in [0.2, 0.25) is 6.41 Å². The van der Waals surface area contributed by atoms with Crippen molar-refractivity contribution in [1.82, 2.24) is 5.32 Å². The Kier molecular flexibility index (Phi) is 5.04. The molecule has 144 valence electrons. The highest BCUT2D eigenvalue weighted by Gasteiger charge is 2.53. The van der Waals surface area contributed by atoms with Gasteiger partial charge in [-0.25, -0.2) is 4.79 Å². The molecule has 0 aromatic carbocycles. The number of allylic oxidation sites excluding steroid dienone is 3. The predicted molar refractivity (Wildman–Crippen MR) is 99.1 cm³/mol. The maximum Gasteiger partial charge on any atom is 0.336 e. The Hall–Kier alpha value is -1.62. The van der Waals surface area contributed by atoms with Crippen LogP contribution in [0.25, 0.3) is 0 Å². The number of aliphatic hydroxyl groups is 1. The molecular formula is C21H31NO4. The number of ether oxygens (including phenoxy) is 1. The molecule has 0 bridgehead atoms. The van der Waals surface area contributed by atoms with E-state index < -0.39 is 5.60 Å². The number of carbonyl (C=O) groups excluding carboxylic acids is 2. The standard InChI is InChI=1S/C21H31NO4/c1-13-5-7-17-14(2)21(4,25)10-9-20(17,3)16(13)8-6-15-18(22-12-23)11-26-19(15)24/h5-6,12,14,16-18,25H,7-11H2,1-4H3,(H,22,23)/b15-6+/t14-,16-,17-,18?,20+,21+/m1/s1. The number of esters is 1. The molecule has 1 saturated carbocycles. The van der Waals surface area contributed by atoms with Crippen LogP contribution in [0.2, 0.25) is 0 Å². The monoisotopic (exact) mass is 361 g/mol. The van der Waals surface area contributed by atoms with Gasteiger partial charge in [0.1, 0.15) is 6.61 Å². The Labute approximate surface area is 155 Å². The van der Waals surface area contributed by atoms with E-state index in [4.69, 9.17) is 4.74 Å². The fourth-order valence-electron chi connectivity index (χ4n) is 5.44. The second kappa shape index (κ2) is 6.84. The highest BCUT2D eigenvalue weighted by Crippen LogP contribution is 2.58. The number of hydrogen-bond acceptors (Lipinski definition) is 4. The first kappa shape index (κ1) is 19.2. The maximum absolute atomic E-state index is 12.0. The van der Waals surface area contributed by atoms with Crippen LogP contribution in [0.3, 0.4) is 0 Å². The molecule has 1 saturated heterocycles. The van der Waals surface area contributed by atoms with E-state index in [1.165, 1.54) is 5.57 Å². The van der Waals surface area contributed by atoms with E-state index in [0.717, 1.165) is 25.7 Å². The van der Waals surface area contributed by atoms with Gasteiger partial charge in [-0.3, -0.25) is 4.79 Å². The molecule has 26 heavy (non-hydrogen) atoms. The SMILES string of the molecule is CC1=CC[C@@H]2[C@@H](C)[C@@](C)(O)CC[C@@]2(C)[C@@H]1C/C=C1/C(=O)OCC1NC=O. The highest BCUT2D eigenvalue weighted by molar-refractivity contribution is 5.92. The second-order valence-electron chi connectivity index (χ2n) is 8.83. The van der Waals surface area contributed by atoms with Gasteiger partial charge >= 0.3 is 5.97 Å². The van der Waals surface area contributed by atoms with Gasteiger partial charge in [-0.05, 0) is 62.7 Å². The van der Waals surface area contributed by atoms with Gasteiger partial charge in [0, 0.05) is 0 Å². The lowest BCUT2D eigenvalue weighted by Crippen LogP contribution is -2.53. The van der Waals surface area contributed by atoms with Crippen LogP contribution in [0.5, 0.6) is 0 Å². The summed E-state index contributed by atoms with van der Waals surface area (Å²) in [7, 11) is 0. The summed E-state index contributed by atoms with van der Waals surface area (Å²) in [6.07, 6.45) is 8.43. The molecule has 1 unspecified atom stereocenters. The summed E-state index contributed by atoms with van der Waals surface area (Å²) in [6.45, 7) is 8.87. The van der Waals surface area contributed by atoms with Crippen molar-refractivity contribution < 1.29 is 19.4 Å². The van der Waals surface area contributed by atoms with Crippen molar-refractivity contribution in [3.63, 3.8) is 0 Å². The fourth-order valence-corrected chi connectivity index (χ4v) is 5.44. The van der Waals surface area contributed by atoms with Gasteiger partial charge in [0.25, 0.3) is 0 Å². The molecule has 5 heteroatoms. The Bertz CT molecular complexity index is 650. The first-order valence-corrected chi connectivity index (χ1v) is 9.66. The fraction of sp³-hybridized carbons (Fsp3) is 0.714. The minimum Gasteiger partial charge on any atom is -0.460 e. The third-order valence-electron chi connectivity index (χ3n) is 7.48. The number of fused-ring (bicyclic) bond motifs is 1. The number of amides is 1. The minimum absolute atomic E-state index is 0.105. The number of cyclic esters (lactones) is 1. The van der Waals surface area contributed by atoms with Crippen molar-refractivity contribution in [3.05, 3.63) is 23.3 Å². The summed E-state index contributed by atoms with van der Waals surface area (Å²) < 4.78 is 5.10. The molecular weight excluding hydrogens is 330 g/mol. The smallest absolute Gasteiger partial charge is 0.336 e. The lowest BCUT2D eigenvalue weighted by molar-refractivity contribution is -0.135. The van der Waals surface area contributed by atoms with Crippen LogP contribution >= 0.6 is 0 Å². The molecule has 0 spiro atoms. The van der Waals surface area contributed by atoms with Crippen LogP contribution in [-0.4, -0.2) is 35.7 Å². The Morgan fingerprint density at radius 3 is 2.81 bits per heavy atom. The highest BCUT2D eigenvalue weighted by atomic mass is 16.5. The summed E-state index contributed by atoms with van der Waals surface area (Å²) in [4.78, 5) is 22.8. The van der Waals surface area contributed by atoms with Crippen molar-refractivity contribution in [1.29, 1.82) is 0 Å². The van der Waals surface area contributed by atoms with Crippen LogP contribution in [-0.2, 0) is 14.3 Å². The summed E-state index contributed by atoms with van der Waals surface area (Å²) in [5.41, 5.74) is 1.42. The second-order valence-corrected chi connectivity index (χ2v) is 8.83. The first-order valence-electron chi connectivity index (χ1n) is 9.66. The van der Waals surface area contributed by atoms with Crippen LogP contribution in [0.15, 0.2) is 23.3 Å². The predicted octanol–water partition coefficient (Wildman–Crippen LogP) is 2.74. The van der Waals surface area contributed by atoms with E-state index in [1.54, 1.807) is 0 Å². The number of hydrogen-bond donors (Lipinski definition) is 2. The lowest BCUT2D eigenvalue weighted by atomic mass is 9.49. The largest absolute Gasteiger partial charge is 0.460 e. The van der Waals surface area contributed by atoms with Gasteiger partial charge in [0.15, 0.2) is 0 Å². The Morgan fingerprint density at radius 1 is 1.38 bits per heavy atom. The van der Waals surface area contributed by atoms with Crippen molar-refractivity contribution >= 4 is 12.4 Å². The number of carbonyl (C=O) groups is 2. The van der Waals surface area contributed by atoms with E-state index in [2.05, 4.69) is 32.2 Å². The molecule has 2 aliphatic carbocycles. The molecule has 6 atom stereocenters. The van der Waals surface area contributed by atoms with Crippen LogP contribution in [0, 0.1) is 23.2 Å². The van der Waals surface area contributed by atoms with Crippen molar-refractivity contribution in [2.75, 3.05) is 6.61 Å². The molecule has 3 aliphatic rings. The van der Waals surface area contributed by atoms with Gasteiger partial charge in [0.05, 0.1) is 17.2 Å². The lowest BCUT2D eigenvalue weighted by Gasteiger charge is -2.56. The van der Waals surface area contributed by atoms with Crippen LogP contribution < -0.4 is 5.32 Å². The molecule has 3 rings (SSSR count). The van der Waals surface area contributed by atoms with Gasteiger partial charge in [-0.15, -0.1) is 0 Å². The maximum atomic E-state index is 12.0. The molecule has 0 aromatic heterocycles. The molecule has 0 aromatic rings. The van der Waals surface area contributed by atoms with Gasteiger partial charge in [-0.1, -0.05) is 31.6 Å². The van der Waals surface area contributed by atoms with Crippen LogP contribution in [0.1, 0.15) is 53.4 Å². The van der Waals surface area contributed by atoms with Crippen molar-refractivity contribution in [2.24, 2.45) is 23.2 Å². The first-order chi connectivity index (χ1) is 12.2. The molecule has 1 amide bonds. The normalized spacial score (nSPS) is 44.3. The molecule has 1 aliphatic heterocycles. The number of nitrogens with one attached hydrogen (secondary N) is 1. The summed E-state index contributed by atoms with van der Waals surface area (Å²) in [5.74, 6) is 0.667.